The first-order valence-electron chi connectivity index (χ1n) is 10.00. The van der Waals surface area contributed by atoms with Crippen molar-refractivity contribution in [1.29, 1.82) is 0 Å². The second-order valence-corrected chi connectivity index (χ2v) is 7.37. The van der Waals surface area contributed by atoms with Gasteiger partial charge in [0.25, 0.3) is 0 Å². The molecular weight excluding hydrogens is 406 g/mol. The zero-order chi connectivity index (χ0) is 22.4. The molecule has 0 radical (unpaired) electrons. The smallest absolute Gasteiger partial charge is 0.319 e. The number of carbonyl (C=O) groups is 2. The number of benzene rings is 1. The second-order valence-electron chi connectivity index (χ2n) is 7.37. The number of halogens is 2. The Morgan fingerprint density at radius 2 is 1.77 bits per heavy atom. The van der Waals surface area contributed by atoms with Gasteiger partial charge in [-0.2, -0.15) is 0 Å². The van der Waals surface area contributed by atoms with E-state index in [9.17, 15) is 18.4 Å². The number of rotatable bonds is 6. The first kappa shape index (κ1) is 22.3. The van der Waals surface area contributed by atoms with Gasteiger partial charge < -0.3 is 25.3 Å². The first-order valence-corrected chi connectivity index (χ1v) is 10.00. The van der Waals surface area contributed by atoms with Gasteiger partial charge in [0.2, 0.25) is 5.91 Å². The van der Waals surface area contributed by atoms with Crippen molar-refractivity contribution in [1.82, 2.24) is 15.2 Å². The molecule has 31 heavy (non-hydrogen) atoms. The number of piperazine rings is 1. The van der Waals surface area contributed by atoms with E-state index in [0.717, 1.165) is 18.0 Å². The number of hydrogen-bond donors (Lipinski definition) is 2. The molecule has 3 amide bonds. The van der Waals surface area contributed by atoms with Crippen LogP contribution in [-0.4, -0.2) is 68.6 Å². The molecule has 1 aliphatic heterocycles. The molecule has 0 bridgehead atoms. The molecule has 1 fully saturated rings. The third-order valence-electron chi connectivity index (χ3n) is 4.95. The SMILES string of the molecule is CN(C)c1c(F)cc(NC(=O)NCCC(=O)N2CCN(c3ccccn3)CC2)cc1F. The molecule has 0 saturated carbocycles. The van der Waals surface area contributed by atoms with E-state index in [0.29, 0.717) is 26.2 Å². The molecule has 2 N–H and O–H groups in total. The lowest BCUT2D eigenvalue weighted by atomic mass is 10.2. The lowest BCUT2D eigenvalue weighted by Gasteiger charge is -2.35. The van der Waals surface area contributed by atoms with Gasteiger partial charge in [0.1, 0.15) is 11.5 Å². The van der Waals surface area contributed by atoms with E-state index >= 15 is 0 Å². The van der Waals surface area contributed by atoms with Crippen LogP contribution in [0.4, 0.5) is 30.8 Å². The number of nitrogens with zero attached hydrogens (tertiary/aromatic N) is 4. The Bertz CT molecular complexity index is 894. The van der Waals surface area contributed by atoms with Gasteiger partial charge >= 0.3 is 6.03 Å². The van der Waals surface area contributed by atoms with Gasteiger partial charge in [-0.15, -0.1) is 0 Å². The number of amides is 3. The number of anilines is 3. The summed E-state index contributed by atoms with van der Waals surface area (Å²) in [5.74, 6) is -0.728. The maximum absolute atomic E-state index is 14.0. The van der Waals surface area contributed by atoms with E-state index in [1.807, 2.05) is 18.2 Å². The lowest BCUT2D eigenvalue weighted by molar-refractivity contribution is -0.131. The van der Waals surface area contributed by atoms with Crippen LogP contribution in [0.15, 0.2) is 36.5 Å². The Hall–Kier alpha value is -3.43. The van der Waals surface area contributed by atoms with Gasteiger partial charge in [-0.25, -0.2) is 18.6 Å². The van der Waals surface area contributed by atoms with Crippen LogP contribution in [0.1, 0.15) is 6.42 Å². The minimum absolute atomic E-state index is 0.00456. The van der Waals surface area contributed by atoms with Crippen molar-refractivity contribution >= 4 is 29.1 Å². The number of nitrogens with one attached hydrogen (secondary N) is 2. The molecule has 1 aromatic heterocycles. The van der Waals surface area contributed by atoms with Crippen molar-refractivity contribution in [2.45, 2.75) is 6.42 Å². The number of aromatic nitrogens is 1. The van der Waals surface area contributed by atoms with Crippen molar-refractivity contribution in [3.63, 3.8) is 0 Å². The van der Waals surface area contributed by atoms with Crippen LogP contribution in [0, 0.1) is 11.6 Å². The average Bonchev–Trinajstić information content (AvgIpc) is 2.73. The lowest BCUT2D eigenvalue weighted by Crippen LogP contribution is -2.49. The molecule has 0 unspecified atom stereocenters. The van der Waals surface area contributed by atoms with Crippen LogP contribution >= 0.6 is 0 Å². The minimum Gasteiger partial charge on any atom is -0.373 e. The zero-order valence-electron chi connectivity index (χ0n) is 17.6. The standard InChI is InChI=1S/C21H26F2N6O2/c1-27(2)20-16(22)13-15(14-17(20)23)26-21(31)25-8-6-19(30)29-11-9-28(10-12-29)18-5-3-4-7-24-18/h3-5,7,13-14H,6,8-12H2,1-2H3,(H2,25,26,31). The predicted octanol–water partition coefficient (Wildman–Crippen LogP) is 2.29. The monoisotopic (exact) mass is 432 g/mol. The van der Waals surface area contributed by atoms with Crippen LogP contribution in [0.5, 0.6) is 0 Å². The number of hydrogen-bond acceptors (Lipinski definition) is 5. The summed E-state index contributed by atoms with van der Waals surface area (Å²) in [5, 5.41) is 4.92. The van der Waals surface area contributed by atoms with Crippen LogP contribution < -0.4 is 20.4 Å². The molecule has 8 nitrogen and oxygen atoms in total. The van der Waals surface area contributed by atoms with Crippen molar-refractivity contribution < 1.29 is 18.4 Å². The highest BCUT2D eigenvalue weighted by Crippen LogP contribution is 2.25. The third-order valence-corrected chi connectivity index (χ3v) is 4.95. The van der Waals surface area contributed by atoms with Crippen molar-refractivity contribution in [3.8, 4) is 0 Å². The van der Waals surface area contributed by atoms with E-state index < -0.39 is 17.7 Å². The molecule has 10 heteroatoms. The van der Waals surface area contributed by atoms with E-state index in [1.54, 1.807) is 11.1 Å². The third kappa shape index (κ3) is 5.80. The molecule has 1 saturated heterocycles. The maximum Gasteiger partial charge on any atom is 0.319 e. The van der Waals surface area contributed by atoms with Gasteiger partial charge in [0, 0.05) is 65.1 Å². The summed E-state index contributed by atoms with van der Waals surface area (Å²) >= 11 is 0. The highest BCUT2D eigenvalue weighted by molar-refractivity contribution is 5.90. The van der Waals surface area contributed by atoms with Gasteiger partial charge in [-0.3, -0.25) is 4.79 Å². The van der Waals surface area contributed by atoms with E-state index in [1.165, 1.54) is 19.0 Å². The summed E-state index contributed by atoms with van der Waals surface area (Å²) in [5.41, 5.74) is -0.185. The van der Waals surface area contributed by atoms with Gasteiger partial charge in [-0.05, 0) is 24.3 Å². The highest BCUT2D eigenvalue weighted by Gasteiger charge is 2.21. The molecule has 166 valence electrons. The van der Waals surface area contributed by atoms with Crippen LogP contribution in [0.25, 0.3) is 0 Å². The highest BCUT2D eigenvalue weighted by atomic mass is 19.1. The number of pyridine rings is 1. The summed E-state index contributed by atoms with van der Waals surface area (Å²) in [6, 6.07) is 7.18. The summed E-state index contributed by atoms with van der Waals surface area (Å²) in [7, 11) is 3.05. The normalized spacial score (nSPS) is 13.7. The quantitative estimate of drug-likeness (QED) is 0.732. The Morgan fingerprint density at radius 1 is 1.10 bits per heavy atom. The first-order chi connectivity index (χ1) is 14.8. The van der Waals surface area contributed by atoms with Crippen molar-refractivity contribution in [3.05, 3.63) is 48.2 Å². The summed E-state index contributed by atoms with van der Waals surface area (Å²) in [6.07, 6.45) is 1.88. The van der Waals surface area contributed by atoms with Crippen molar-refractivity contribution in [2.75, 3.05) is 61.9 Å². The fraction of sp³-hybridized carbons (Fsp3) is 0.381. The second kappa shape index (κ2) is 10.1. The van der Waals surface area contributed by atoms with Crippen LogP contribution in [0.2, 0.25) is 0 Å². The molecule has 3 rings (SSSR count). The molecule has 2 aromatic rings. The number of urea groups is 1. The zero-order valence-corrected chi connectivity index (χ0v) is 17.6. The molecule has 2 heterocycles. The molecule has 0 atom stereocenters. The predicted molar refractivity (Wildman–Crippen MR) is 115 cm³/mol. The molecule has 0 spiro atoms. The summed E-state index contributed by atoms with van der Waals surface area (Å²) in [6.45, 7) is 2.66. The summed E-state index contributed by atoms with van der Waals surface area (Å²) < 4.78 is 28.0. The van der Waals surface area contributed by atoms with Gasteiger partial charge in [0.05, 0.1) is 0 Å². The van der Waals surface area contributed by atoms with Gasteiger partial charge in [-0.1, -0.05) is 6.07 Å². The Morgan fingerprint density at radius 3 is 2.35 bits per heavy atom. The van der Waals surface area contributed by atoms with Crippen LogP contribution in [0.3, 0.4) is 0 Å². The van der Waals surface area contributed by atoms with Crippen LogP contribution in [-0.2, 0) is 4.79 Å². The molecular formula is C21H26F2N6O2. The Kier molecular flexibility index (Phi) is 7.22. The van der Waals surface area contributed by atoms with Gasteiger partial charge in [0.15, 0.2) is 11.6 Å². The topological polar surface area (TPSA) is 80.8 Å². The largest absolute Gasteiger partial charge is 0.373 e. The fourth-order valence-electron chi connectivity index (χ4n) is 3.41. The average molecular weight is 432 g/mol. The summed E-state index contributed by atoms with van der Waals surface area (Å²) in [4.78, 5) is 33.9. The minimum atomic E-state index is -0.777. The maximum atomic E-state index is 14.0. The molecule has 1 aliphatic rings. The molecule has 1 aromatic carbocycles. The Labute approximate surface area is 179 Å². The van der Waals surface area contributed by atoms with E-state index in [-0.39, 0.29) is 30.2 Å². The Balaban J connectivity index is 1.41. The number of carbonyl (C=O) groups excluding carboxylic acids is 2. The fourth-order valence-corrected chi connectivity index (χ4v) is 3.41. The molecule has 0 aliphatic carbocycles. The van der Waals surface area contributed by atoms with E-state index in [2.05, 4.69) is 20.5 Å². The van der Waals surface area contributed by atoms with Crippen molar-refractivity contribution in [2.24, 2.45) is 0 Å². The van der Waals surface area contributed by atoms with E-state index in [4.69, 9.17) is 0 Å².